The van der Waals surface area contributed by atoms with Gasteiger partial charge in [0.2, 0.25) is 0 Å². The fraction of sp³-hybridized carbons (Fsp3) is 0.167. The molecule has 0 aliphatic carbocycles. The van der Waals surface area contributed by atoms with Crippen molar-refractivity contribution in [3.8, 4) is 0 Å². The third-order valence-electron chi connectivity index (χ3n) is 3.59. The summed E-state index contributed by atoms with van der Waals surface area (Å²) in [5, 5.41) is 2.27. The highest BCUT2D eigenvalue weighted by molar-refractivity contribution is 7.90. The normalized spacial score (nSPS) is 10.7. The van der Waals surface area contributed by atoms with Crippen LogP contribution in [0.4, 0.5) is 10.5 Å². The Hall–Kier alpha value is -3.40. The lowest BCUT2D eigenvalue weighted by Gasteiger charge is -2.11. The van der Waals surface area contributed by atoms with E-state index in [2.05, 4.69) is 14.8 Å². The van der Waals surface area contributed by atoms with Crippen molar-refractivity contribution in [1.29, 1.82) is 0 Å². The van der Waals surface area contributed by atoms with Crippen molar-refractivity contribution < 1.29 is 32.3 Å². The van der Waals surface area contributed by atoms with Gasteiger partial charge in [-0.2, -0.15) is 0 Å². The molecular weight excluding hydrogens is 388 g/mol. The number of hydrogen-bond acceptors (Lipinski definition) is 7. The van der Waals surface area contributed by atoms with E-state index in [1.54, 1.807) is 19.1 Å². The van der Waals surface area contributed by atoms with Crippen molar-refractivity contribution in [2.24, 2.45) is 0 Å². The predicted octanol–water partition coefficient (Wildman–Crippen LogP) is 2.08. The van der Waals surface area contributed by atoms with Gasteiger partial charge in [-0.25, -0.2) is 27.5 Å². The van der Waals surface area contributed by atoms with Crippen molar-refractivity contribution in [2.45, 2.75) is 11.8 Å². The number of amides is 2. The van der Waals surface area contributed by atoms with Crippen molar-refractivity contribution >= 4 is 33.7 Å². The van der Waals surface area contributed by atoms with Crippen molar-refractivity contribution in [3.63, 3.8) is 0 Å². The number of carbonyl (C=O) groups is 3. The molecule has 28 heavy (non-hydrogen) atoms. The van der Waals surface area contributed by atoms with Crippen LogP contribution in [0.2, 0.25) is 0 Å². The Morgan fingerprint density at radius 1 is 0.857 bits per heavy atom. The monoisotopic (exact) mass is 406 g/mol. The number of methoxy groups -OCH3 is 2. The zero-order valence-corrected chi connectivity index (χ0v) is 16.1. The number of benzene rings is 2. The number of ether oxygens (including phenoxy) is 2. The molecule has 9 nitrogen and oxygen atoms in total. The number of sulfonamides is 1. The summed E-state index contributed by atoms with van der Waals surface area (Å²) in [6.07, 6.45) is 0. The number of nitrogens with one attached hydrogen (secondary N) is 2. The summed E-state index contributed by atoms with van der Waals surface area (Å²) in [6, 6.07) is 8.52. The molecule has 0 radical (unpaired) electrons. The highest BCUT2D eigenvalue weighted by Gasteiger charge is 2.19. The molecule has 2 aromatic rings. The first-order chi connectivity index (χ1) is 13.2. The molecule has 0 aromatic heterocycles. The molecule has 148 valence electrons. The first-order valence-electron chi connectivity index (χ1n) is 7.88. The second kappa shape index (κ2) is 8.53. The molecule has 0 saturated carbocycles. The lowest BCUT2D eigenvalue weighted by molar-refractivity contribution is 0.0599. The van der Waals surface area contributed by atoms with Crippen LogP contribution in [-0.2, 0) is 19.5 Å². The molecule has 0 bridgehead atoms. The first-order valence-corrected chi connectivity index (χ1v) is 9.37. The van der Waals surface area contributed by atoms with Gasteiger partial charge in [0.25, 0.3) is 10.0 Å². The van der Waals surface area contributed by atoms with Gasteiger partial charge in [-0.3, -0.25) is 0 Å². The fourth-order valence-electron chi connectivity index (χ4n) is 2.23. The van der Waals surface area contributed by atoms with Gasteiger partial charge < -0.3 is 14.8 Å². The summed E-state index contributed by atoms with van der Waals surface area (Å²) < 4.78 is 35.6. The molecule has 2 aromatic carbocycles. The van der Waals surface area contributed by atoms with E-state index in [1.807, 2.05) is 4.72 Å². The van der Waals surface area contributed by atoms with E-state index in [4.69, 9.17) is 0 Å². The Morgan fingerprint density at radius 3 is 1.82 bits per heavy atom. The smallest absolute Gasteiger partial charge is 0.337 e. The Kier molecular flexibility index (Phi) is 6.37. The molecule has 2 N–H and O–H groups in total. The maximum atomic E-state index is 12.3. The van der Waals surface area contributed by atoms with E-state index in [-0.39, 0.29) is 21.7 Å². The van der Waals surface area contributed by atoms with Gasteiger partial charge in [0.1, 0.15) is 0 Å². The molecule has 0 aliphatic heterocycles. The Bertz CT molecular complexity index is 980. The standard InChI is InChI=1S/C18H18N2O7S/c1-11-4-6-15(7-5-11)28(24,25)20-18(23)19-14-9-12(16(21)26-2)8-13(10-14)17(22)27-3/h4-10H,1-3H3,(H2,19,20,23). The summed E-state index contributed by atoms with van der Waals surface area (Å²) >= 11 is 0. The molecule has 0 atom stereocenters. The van der Waals surface area contributed by atoms with E-state index in [9.17, 15) is 22.8 Å². The molecule has 0 heterocycles. The fourth-order valence-corrected chi connectivity index (χ4v) is 3.13. The number of carbonyl (C=O) groups excluding carboxylic acids is 3. The minimum absolute atomic E-state index is 0.0000869. The second-order valence-electron chi connectivity index (χ2n) is 5.65. The lowest BCUT2D eigenvalue weighted by atomic mass is 10.1. The largest absolute Gasteiger partial charge is 0.465 e. The quantitative estimate of drug-likeness (QED) is 0.728. The van der Waals surface area contributed by atoms with Crippen molar-refractivity contribution in [3.05, 3.63) is 59.2 Å². The van der Waals surface area contributed by atoms with Crippen molar-refractivity contribution in [1.82, 2.24) is 4.72 Å². The van der Waals surface area contributed by atoms with Gasteiger partial charge in [-0.15, -0.1) is 0 Å². The first kappa shape index (κ1) is 20.9. The third-order valence-corrected chi connectivity index (χ3v) is 4.94. The van der Waals surface area contributed by atoms with E-state index >= 15 is 0 Å². The van der Waals surface area contributed by atoms with Crippen LogP contribution in [0.3, 0.4) is 0 Å². The van der Waals surface area contributed by atoms with E-state index in [0.717, 1.165) is 19.8 Å². The Balaban J connectivity index is 2.26. The predicted molar refractivity (Wildman–Crippen MR) is 99.6 cm³/mol. The summed E-state index contributed by atoms with van der Waals surface area (Å²) in [6.45, 7) is 1.80. The molecule has 0 aliphatic rings. The van der Waals surface area contributed by atoms with Crippen LogP contribution in [-0.4, -0.2) is 40.6 Å². The zero-order valence-electron chi connectivity index (χ0n) is 15.3. The van der Waals surface area contributed by atoms with E-state index < -0.39 is 28.0 Å². The average Bonchev–Trinajstić information content (AvgIpc) is 2.66. The summed E-state index contributed by atoms with van der Waals surface area (Å²) in [4.78, 5) is 35.6. The van der Waals surface area contributed by atoms with Crippen LogP contribution in [0.5, 0.6) is 0 Å². The molecule has 0 spiro atoms. The third kappa shape index (κ3) is 5.07. The molecular formula is C18H18N2O7S. The molecule has 0 unspecified atom stereocenters. The molecule has 2 amide bonds. The highest BCUT2D eigenvalue weighted by atomic mass is 32.2. The van der Waals surface area contributed by atoms with Gasteiger partial charge in [0.15, 0.2) is 0 Å². The number of urea groups is 1. The number of anilines is 1. The van der Waals surface area contributed by atoms with Crippen LogP contribution in [0.25, 0.3) is 0 Å². The van der Waals surface area contributed by atoms with E-state index in [0.29, 0.717) is 0 Å². The van der Waals surface area contributed by atoms with Crippen LogP contribution in [0, 0.1) is 6.92 Å². The Morgan fingerprint density at radius 2 is 1.36 bits per heavy atom. The summed E-state index contributed by atoms with van der Waals surface area (Å²) in [7, 11) is -1.80. The maximum Gasteiger partial charge on any atom is 0.337 e. The Labute approximate surface area is 161 Å². The minimum atomic E-state index is -4.10. The van der Waals surface area contributed by atoms with Gasteiger partial charge >= 0.3 is 18.0 Å². The number of hydrogen-bond donors (Lipinski definition) is 2. The lowest BCUT2D eigenvalue weighted by Crippen LogP contribution is -2.34. The van der Waals surface area contributed by atoms with Crippen LogP contribution in [0.1, 0.15) is 26.3 Å². The SMILES string of the molecule is COC(=O)c1cc(NC(=O)NS(=O)(=O)c2ccc(C)cc2)cc(C(=O)OC)c1. The van der Waals surface area contributed by atoms with Crippen LogP contribution >= 0.6 is 0 Å². The van der Waals surface area contributed by atoms with Crippen LogP contribution in [0.15, 0.2) is 47.4 Å². The number of esters is 2. The van der Waals surface area contributed by atoms with E-state index in [1.165, 1.54) is 30.3 Å². The minimum Gasteiger partial charge on any atom is -0.465 e. The topological polar surface area (TPSA) is 128 Å². The molecule has 0 fully saturated rings. The van der Waals surface area contributed by atoms with Crippen LogP contribution < -0.4 is 10.0 Å². The van der Waals surface area contributed by atoms with Gasteiger partial charge in [-0.05, 0) is 37.3 Å². The summed E-state index contributed by atoms with van der Waals surface area (Å²) in [5.41, 5.74) is 0.808. The maximum absolute atomic E-state index is 12.3. The van der Waals surface area contributed by atoms with Gasteiger partial charge in [0.05, 0.1) is 30.2 Å². The zero-order chi connectivity index (χ0) is 20.9. The van der Waals surface area contributed by atoms with Gasteiger partial charge in [0, 0.05) is 5.69 Å². The second-order valence-corrected chi connectivity index (χ2v) is 7.34. The molecule has 0 saturated heterocycles. The van der Waals surface area contributed by atoms with Gasteiger partial charge in [-0.1, -0.05) is 17.7 Å². The number of aryl methyl sites for hydroxylation is 1. The average molecular weight is 406 g/mol. The molecule has 2 rings (SSSR count). The number of rotatable bonds is 5. The summed E-state index contributed by atoms with van der Waals surface area (Å²) in [5.74, 6) is -1.50. The highest BCUT2D eigenvalue weighted by Crippen LogP contribution is 2.17. The molecule has 10 heteroatoms. The van der Waals surface area contributed by atoms with Crippen molar-refractivity contribution in [2.75, 3.05) is 19.5 Å².